The third kappa shape index (κ3) is 8.35. The van der Waals surface area contributed by atoms with E-state index in [2.05, 4.69) is 19.2 Å². The molecule has 0 aromatic heterocycles. The summed E-state index contributed by atoms with van der Waals surface area (Å²) in [5, 5.41) is 3.45. The van der Waals surface area contributed by atoms with Crippen LogP contribution in [0.5, 0.6) is 0 Å². The Bertz CT molecular complexity index is 85.9. The van der Waals surface area contributed by atoms with Gasteiger partial charge >= 0.3 is 0 Å². The van der Waals surface area contributed by atoms with Gasteiger partial charge in [-0.05, 0) is 31.8 Å². The van der Waals surface area contributed by atoms with Crippen molar-refractivity contribution in [2.24, 2.45) is 5.92 Å². The maximum Gasteiger partial charge on any atom is 0.0226 e. The van der Waals surface area contributed by atoms with Crippen LogP contribution in [-0.4, -0.2) is 19.0 Å². The topological polar surface area (TPSA) is 12.0 Å². The van der Waals surface area contributed by atoms with Crippen LogP contribution in [0.3, 0.4) is 0 Å². The van der Waals surface area contributed by atoms with Gasteiger partial charge in [0.1, 0.15) is 0 Å². The first-order chi connectivity index (χ1) is 5.81. The van der Waals surface area contributed by atoms with Crippen LogP contribution in [0.1, 0.15) is 39.5 Å². The van der Waals surface area contributed by atoms with Crippen molar-refractivity contribution in [2.45, 2.75) is 39.5 Å². The second kappa shape index (κ2) is 9.34. The van der Waals surface area contributed by atoms with Gasteiger partial charge in [-0.2, -0.15) is 0 Å². The van der Waals surface area contributed by atoms with Crippen LogP contribution in [0, 0.1) is 5.92 Å². The highest BCUT2D eigenvalue weighted by molar-refractivity contribution is 6.17. The van der Waals surface area contributed by atoms with Gasteiger partial charge in [0.05, 0.1) is 0 Å². The summed E-state index contributed by atoms with van der Waals surface area (Å²) in [6, 6.07) is 0. The highest BCUT2D eigenvalue weighted by atomic mass is 35.5. The Morgan fingerprint density at radius 2 is 2.08 bits per heavy atom. The summed E-state index contributed by atoms with van der Waals surface area (Å²) < 4.78 is 0. The van der Waals surface area contributed by atoms with E-state index in [4.69, 9.17) is 11.6 Å². The number of rotatable bonds is 8. The van der Waals surface area contributed by atoms with E-state index in [0.29, 0.717) is 0 Å². The second-order valence-corrected chi connectivity index (χ2v) is 3.87. The highest BCUT2D eigenvalue weighted by Gasteiger charge is 1.98. The first-order valence-electron chi connectivity index (χ1n) is 5.08. The van der Waals surface area contributed by atoms with Gasteiger partial charge < -0.3 is 5.32 Å². The van der Waals surface area contributed by atoms with E-state index in [9.17, 15) is 0 Å². The van der Waals surface area contributed by atoms with Gasteiger partial charge in [-0.1, -0.05) is 26.7 Å². The minimum Gasteiger partial charge on any atom is -0.316 e. The van der Waals surface area contributed by atoms with Crippen molar-refractivity contribution in [3.05, 3.63) is 0 Å². The number of unbranched alkanes of at least 4 members (excludes halogenated alkanes) is 2. The number of hydrogen-bond acceptors (Lipinski definition) is 1. The molecule has 0 spiro atoms. The summed E-state index contributed by atoms with van der Waals surface area (Å²) in [5.41, 5.74) is 0. The molecule has 0 fully saturated rings. The van der Waals surface area contributed by atoms with Crippen LogP contribution < -0.4 is 5.32 Å². The summed E-state index contributed by atoms with van der Waals surface area (Å²) in [5.74, 6) is 1.52. The predicted molar refractivity (Wildman–Crippen MR) is 56.9 cm³/mol. The fourth-order valence-electron chi connectivity index (χ4n) is 1.14. The number of halogens is 1. The fraction of sp³-hybridized carbons (Fsp3) is 1.00. The van der Waals surface area contributed by atoms with Gasteiger partial charge in [0.25, 0.3) is 0 Å². The molecule has 0 saturated heterocycles. The van der Waals surface area contributed by atoms with E-state index in [1.54, 1.807) is 0 Å². The Hall–Kier alpha value is 0.250. The number of hydrogen-bond donors (Lipinski definition) is 1. The van der Waals surface area contributed by atoms with Crippen molar-refractivity contribution >= 4 is 11.6 Å². The van der Waals surface area contributed by atoms with Gasteiger partial charge in [-0.15, -0.1) is 11.6 Å². The molecule has 0 amide bonds. The quantitative estimate of drug-likeness (QED) is 0.460. The number of alkyl halides is 1. The van der Waals surface area contributed by atoms with E-state index in [0.717, 1.165) is 24.8 Å². The average molecular weight is 192 g/mol. The molecule has 0 saturated carbocycles. The molecule has 0 bridgehead atoms. The third-order valence-corrected chi connectivity index (χ3v) is 2.27. The molecule has 0 radical (unpaired) electrons. The largest absolute Gasteiger partial charge is 0.316 e. The van der Waals surface area contributed by atoms with Crippen molar-refractivity contribution in [2.75, 3.05) is 19.0 Å². The van der Waals surface area contributed by atoms with Crippen LogP contribution in [-0.2, 0) is 0 Å². The highest BCUT2D eigenvalue weighted by Crippen LogP contribution is 2.01. The van der Waals surface area contributed by atoms with E-state index in [1.165, 1.54) is 25.8 Å². The molecule has 1 atom stereocenters. The summed E-state index contributed by atoms with van der Waals surface area (Å²) in [6.45, 7) is 6.77. The summed E-state index contributed by atoms with van der Waals surface area (Å²) in [4.78, 5) is 0. The Kier molecular flexibility index (Phi) is 9.53. The Labute approximate surface area is 81.9 Å². The zero-order chi connectivity index (χ0) is 9.23. The van der Waals surface area contributed by atoms with Crippen LogP contribution in [0.4, 0.5) is 0 Å². The fourth-order valence-corrected chi connectivity index (χ4v) is 1.51. The van der Waals surface area contributed by atoms with Crippen molar-refractivity contribution in [1.82, 2.24) is 5.32 Å². The maximum absolute atomic E-state index is 5.63. The van der Waals surface area contributed by atoms with E-state index >= 15 is 0 Å². The Morgan fingerprint density at radius 1 is 1.33 bits per heavy atom. The zero-order valence-electron chi connectivity index (χ0n) is 8.41. The molecule has 12 heavy (non-hydrogen) atoms. The summed E-state index contributed by atoms with van der Waals surface area (Å²) >= 11 is 5.63. The summed E-state index contributed by atoms with van der Waals surface area (Å²) in [6.07, 6.45) is 5.09. The van der Waals surface area contributed by atoms with Gasteiger partial charge in [0.15, 0.2) is 0 Å². The zero-order valence-corrected chi connectivity index (χ0v) is 9.16. The first-order valence-corrected chi connectivity index (χ1v) is 5.61. The van der Waals surface area contributed by atoms with Crippen molar-refractivity contribution in [3.8, 4) is 0 Å². The molecule has 0 aliphatic heterocycles. The molecule has 0 aromatic carbocycles. The van der Waals surface area contributed by atoms with Gasteiger partial charge in [-0.25, -0.2) is 0 Å². The molecule has 1 unspecified atom stereocenters. The molecule has 2 heteroatoms. The molecular weight excluding hydrogens is 170 g/mol. The minimum absolute atomic E-state index is 0.726. The number of nitrogens with one attached hydrogen (secondary N) is 1. The molecule has 1 nitrogen and oxygen atoms in total. The monoisotopic (exact) mass is 191 g/mol. The van der Waals surface area contributed by atoms with Crippen LogP contribution >= 0.6 is 11.6 Å². The minimum atomic E-state index is 0.726. The maximum atomic E-state index is 5.63. The van der Waals surface area contributed by atoms with Gasteiger partial charge in [0.2, 0.25) is 0 Å². The molecule has 74 valence electrons. The van der Waals surface area contributed by atoms with E-state index in [1.807, 2.05) is 0 Å². The lowest BCUT2D eigenvalue weighted by Gasteiger charge is -2.10. The first kappa shape index (κ1) is 12.2. The molecule has 0 rings (SSSR count). The molecule has 0 aliphatic carbocycles. The average Bonchev–Trinajstić information content (AvgIpc) is 2.05. The van der Waals surface area contributed by atoms with Crippen LogP contribution in [0.25, 0.3) is 0 Å². The predicted octanol–water partition coefficient (Wildman–Crippen LogP) is 3.03. The molecule has 0 aromatic rings. The third-order valence-electron chi connectivity index (χ3n) is 2.05. The Balaban J connectivity index is 2.97. The lowest BCUT2D eigenvalue weighted by atomic mass is 10.1. The van der Waals surface area contributed by atoms with Crippen molar-refractivity contribution in [1.29, 1.82) is 0 Å². The normalized spacial score (nSPS) is 13.2. The van der Waals surface area contributed by atoms with Crippen molar-refractivity contribution in [3.63, 3.8) is 0 Å². The van der Waals surface area contributed by atoms with Gasteiger partial charge in [0, 0.05) is 5.88 Å². The second-order valence-electron chi connectivity index (χ2n) is 3.49. The van der Waals surface area contributed by atoms with Gasteiger partial charge in [-0.3, -0.25) is 0 Å². The molecular formula is C10H22ClN. The summed E-state index contributed by atoms with van der Waals surface area (Å²) in [7, 11) is 0. The van der Waals surface area contributed by atoms with E-state index in [-0.39, 0.29) is 0 Å². The smallest absolute Gasteiger partial charge is 0.0226 e. The molecule has 0 aliphatic rings. The SMILES string of the molecule is CCCCCNCC(C)CCCl. The standard InChI is InChI=1S/C10H22ClN/c1-3-4-5-8-12-9-10(2)6-7-11/h10,12H,3-9H2,1-2H3. The van der Waals surface area contributed by atoms with Crippen LogP contribution in [0.2, 0.25) is 0 Å². The molecule has 1 N–H and O–H groups in total. The lowest BCUT2D eigenvalue weighted by molar-refractivity contribution is 0.493. The molecule has 0 heterocycles. The van der Waals surface area contributed by atoms with Crippen LogP contribution in [0.15, 0.2) is 0 Å². The van der Waals surface area contributed by atoms with E-state index < -0.39 is 0 Å². The Morgan fingerprint density at radius 3 is 2.67 bits per heavy atom. The van der Waals surface area contributed by atoms with Crippen molar-refractivity contribution < 1.29 is 0 Å². The lowest BCUT2D eigenvalue weighted by Crippen LogP contribution is -2.22.